The van der Waals surface area contributed by atoms with E-state index in [0.29, 0.717) is 13.0 Å². The number of sulfone groups is 1. The van der Waals surface area contributed by atoms with E-state index in [9.17, 15) is 13.2 Å². The third kappa shape index (κ3) is 4.61. The first-order valence-corrected chi connectivity index (χ1v) is 7.06. The summed E-state index contributed by atoms with van der Waals surface area (Å²) in [5.74, 6) is 0.330. The molecule has 0 bridgehead atoms. The topological polar surface area (TPSA) is 75.3 Å². The van der Waals surface area contributed by atoms with Gasteiger partial charge in [0, 0.05) is 12.6 Å². The summed E-state index contributed by atoms with van der Waals surface area (Å²) >= 11 is 0. The molecule has 0 aromatic heterocycles. The van der Waals surface area contributed by atoms with Gasteiger partial charge in [0.1, 0.15) is 0 Å². The summed E-state index contributed by atoms with van der Waals surface area (Å²) in [7, 11) is -2.85. The van der Waals surface area contributed by atoms with E-state index >= 15 is 0 Å². The van der Waals surface area contributed by atoms with Crippen molar-refractivity contribution in [1.29, 1.82) is 0 Å². The molecule has 1 fully saturated rings. The van der Waals surface area contributed by atoms with Gasteiger partial charge in [-0.25, -0.2) is 8.42 Å². The Kier molecular flexibility index (Phi) is 4.53. The SMILES string of the molecule is CCCNC(=O)CNC1CCS(=O)(=O)C1. The predicted octanol–water partition coefficient (Wildman–Crippen LogP) is -0.711. The van der Waals surface area contributed by atoms with Crippen molar-refractivity contribution in [2.45, 2.75) is 25.8 Å². The van der Waals surface area contributed by atoms with Crippen LogP contribution in [0.2, 0.25) is 0 Å². The maximum Gasteiger partial charge on any atom is 0.233 e. The van der Waals surface area contributed by atoms with Gasteiger partial charge < -0.3 is 10.6 Å². The van der Waals surface area contributed by atoms with Crippen LogP contribution in [0.3, 0.4) is 0 Å². The number of hydrogen-bond donors (Lipinski definition) is 2. The van der Waals surface area contributed by atoms with Gasteiger partial charge in [-0.05, 0) is 12.8 Å². The van der Waals surface area contributed by atoms with Gasteiger partial charge in [-0.15, -0.1) is 0 Å². The van der Waals surface area contributed by atoms with Crippen LogP contribution >= 0.6 is 0 Å². The molecule has 1 aliphatic rings. The number of carbonyl (C=O) groups excluding carboxylic acids is 1. The molecule has 0 aliphatic carbocycles. The Morgan fingerprint density at radius 3 is 2.73 bits per heavy atom. The highest BCUT2D eigenvalue weighted by Gasteiger charge is 2.27. The largest absolute Gasteiger partial charge is 0.355 e. The molecule has 0 aromatic carbocycles. The van der Waals surface area contributed by atoms with E-state index < -0.39 is 9.84 Å². The summed E-state index contributed by atoms with van der Waals surface area (Å²) in [6, 6.07) is -0.0534. The van der Waals surface area contributed by atoms with Crippen LogP contribution < -0.4 is 10.6 Å². The minimum atomic E-state index is -2.85. The van der Waals surface area contributed by atoms with Crippen molar-refractivity contribution >= 4 is 15.7 Å². The van der Waals surface area contributed by atoms with E-state index in [1.807, 2.05) is 6.92 Å². The third-order valence-corrected chi connectivity index (χ3v) is 4.12. The van der Waals surface area contributed by atoms with Gasteiger partial charge in [0.15, 0.2) is 9.84 Å². The van der Waals surface area contributed by atoms with Crippen molar-refractivity contribution in [3.05, 3.63) is 0 Å². The van der Waals surface area contributed by atoms with Crippen molar-refractivity contribution in [2.24, 2.45) is 0 Å². The van der Waals surface area contributed by atoms with Gasteiger partial charge in [0.25, 0.3) is 0 Å². The van der Waals surface area contributed by atoms with Crippen molar-refractivity contribution in [2.75, 3.05) is 24.6 Å². The lowest BCUT2D eigenvalue weighted by molar-refractivity contribution is -0.120. The van der Waals surface area contributed by atoms with Gasteiger partial charge in [-0.3, -0.25) is 4.79 Å². The molecule has 5 nitrogen and oxygen atoms in total. The fourth-order valence-corrected chi connectivity index (χ4v) is 3.23. The Morgan fingerprint density at radius 2 is 2.20 bits per heavy atom. The van der Waals surface area contributed by atoms with Crippen molar-refractivity contribution in [3.8, 4) is 0 Å². The molecule has 1 unspecified atom stereocenters. The van der Waals surface area contributed by atoms with Crippen molar-refractivity contribution in [3.63, 3.8) is 0 Å². The molecule has 1 rings (SSSR count). The molecule has 1 aliphatic heterocycles. The average Bonchev–Trinajstić information content (AvgIpc) is 2.52. The van der Waals surface area contributed by atoms with Crippen molar-refractivity contribution in [1.82, 2.24) is 10.6 Å². The second-order valence-corrected chi connectivity index (χ2v) is 6.06. The molecule has 0 spiro atoms. The molecule has 88 valence electrons. The standard InChI is InChI=1S/C9H18N2O3S/c1-2-4-10-9(12)6-11-8-3-5-15(13,14)7-8/h8,11H,2-7H2,1H3,(H,10,12). The van der Waals surface area contributed by atoms with E-state index in [4.69, 9.17) is 0 Å². The fourth-order valence-electron chi connectivity index (χ4n) is 1.52. The number of rotatable bonds is 5. The molecule has 1 heterocycles. The molecule has 0 radical (unpaired) electrons. The lowest BCUT2D eigenvalue weighted by Gasteiger charge is -2.10. The molecular weight excluding hydrogens is 216 g/mol. The van der Waals surface area contributed by atoms with Crippen LogP contribution in [-0.2, 0) is 14.6 Å². The maximum atomic E-state index is 11.2. The predicted molar refractivity (Wildman–Crippen MR) is 58.4 cm³/mol. The average molecular weight is 234 g/mol. The van der Waals surface area contributed by atoms with Gasteiger partial charge in [0.05, 0.1) is 18.1 Å². The van der Waals surface area contributed by atoms with Crippen LogP contribution in [0.25, 0.3) is 0 Å². The number of nitrogens with one attached hydrogen (secondary N) is 2. The van der Waals surface area contributed by atoms with E-state index in [-0.39, 0.29) is 30.0 Å². The van der Waals surface area contributed by atoms with E-state index in [1.165, 1.54) is 0 Å². The Morgan fingerprint density at radius 1 is 1.47 bits per heavy atom. The molecule has 1 atom stereocenters. The first kappa shape index (κ1) is 12.4. The van der Waals surface area contributed by atoms with Gasteiger partial charge >= 0.3 is 0 Å². The first-order valence-electron chi connectivity index (χ1n) is 5.24. The smallest absolute Gasteiger partial charge is 0.233 e. The summed E-state index contributed by atoms with van der Waals surface area (Å²) in [6.45, 7) is 2.86. The fraction of sp³-hybridized carbons (Fsp3) is 0.889. The molecule has 1 amide bonds. The van der Waals surface area contributed by atoms with E-state index in [2.05, 4.69) is 10.6 Å². The number of carbonyl (C=O) groups is 1. The summed E-state index contributed by atoms with van der Waals surface area (Å²) in [5, 5.41) is 5.68. The van der Waals surface area contributed by atoms with Gasteiger partial charge in [0.2, 0.25) is 5.91 Å². The van der Waals surface area contributed by atoms with Crippen LogP contribution in [-0.4, -0.2) is 45.0 Å². The van der Waals surface area contributed by atoms with Crippen LogP contribution in [0.1, 0.15) is 19.8 Å². The zero-order chi connectivity index (χ0) is 11.3. The monoisotopic (exact) mass is 234 g/mol. The second-order valence-electron chi connectivity index (χ2n) is 3.83. The molecule has 0 saturated carbocycles. The Hall–Kier alpha value is -0.620. The molecule has 0 aromatic rings. The zero-order valence-corrected chi connectivity index (χ0v) is 9.77. The summed E-state index contributed by atoms with van der Waals surface area (Å²) in [4.78, 5) is 11.2. The second kappa shape index (κ2) is 5.46. The third-order valence-electron chi connectivity index (χ3n) is 2.36. The van der Waals surface area contributed by atoms with E-state index in [0.717, 1.165) is 6.42 Å². The maximum absolute atomic E-state index is 11.2. The lowest BCUT2D eigenvalue weighted by atomic mass is 10.2. The Labute approximate surface area is 90.5 Å². The normalized spacial score (nSPS) is 23.9. The molecule has 2 N–H and O–H groups in total. The van der Waals surface area contributed by atoms with Gasteiger partial charge in [-0.1, -0.05) is 6.92 Å². The van der Waals surface area contributed by atoms with E-state index in [1.54, 1.807) is 0 Å². The Bertz CT molecular complexity index is 313. The van der Waals surface area contributed by atoms with Crippen LogP contribution in [0.5, 0.6) is 0 Å². The quantitative estimate of drug-likeness (QED) is 0.659. The van der Waals surface area contributed by atoms with Crippen molar-refractivity contribution < 1.29 is 13.2 Å². The van der Waals surface area contributed by atoms with Crippen LogP contribution in [0.4, 0.5) is 0 Å². The first-order chi connectivity index (χ1) is 7.03. The lowest BCUT2D eigenvalue weighted by Crippen LogP contribution is -2.39. The minimum absolute atomic E-state index is 0.0534. The zero-order valence-electron chi connectivity index (χ0n) is 8.95. The molecule has 6 heteroatoms. The highest BCUT2D eigenvalue weighted by molar-refractivity contribution is 7.91. The van der Waals surface area contributed by atoms with Gasteiger partial charge in [-0.2, -0.15) is 0 Å². The number of hydrogen-bond acceptors (Lipinski definition) is 4. The summed E-state index contributed by atoms with van der Waals surface area (Å²) < 4.78 is 22.2. The molecular formula is C9H18N2O3S. The Balaban J connectivity index is 2.18. The highest BCUT2D eigenvalue weighted by atomic mass is 32.2. The summed E-state index contributed by atoms with van der Waals surface area (Å²) in [5.41, 5.74) is 0. The van der Waals surface area contributed by atoms with Crippen LogP contribution in [0, 0.1) is 0 Å². The minimum Gasteiger partial charge on any atom is -0.355 e. The molecule has 1 saturated heterocycles. The highest BCUT2D eigenvalue weighted by Crippen LogP contribution is 2.10. The summed E-state index contributed by atoms with van der Waals surface area (Å²) in [6.07, 6.45) is 1.52. The molecule has 15 heavy (non-hydrogen) atoms. The number of amides is 1. The van der Waals surface area contributed by atoms with Crippen LogP contribution in [0.15, 0.2) is 0 Å².